The molecule has 0 aromatic heterocycles. The summed E-state index contributed by atoms with van der Waals surface area (Å²) < 4.78 is 0. The summed E-state index contributed by atoms with van der Waals surface area (Å²) in [5.74, 6) is -2.71. The lowest BCUT2D eigenvalue weighted by Crippen LogP contribution is -2.28. The lowest BCUT2D eigenvalue weighted by Gasteiger charge is -2.07. The third-order valence-corrected chi connectivity index (χ3v) is 1.91. The first-order valence-corrected chi connectivity index (χ1v) is 5.22. The molecule has 0 bridgehead atoms. The van der Waals surface area contributed by atoms with Crippen LogP contribution in [-0.2, 0) is 9.59 Å². The molecule has 0 aliphatic heterocycles. The summed E-state index contributed by atoms with van der Waals surface area (Å²) in [7, 11) is 0. The predicted octanol–water partition coefficient (Wildman–Crippen LogP) is 0.851. The zero-order chi connectivity index (χ0) is 13.5. The van der Waals surface area contributed by atoms with E-state index in [1.54, 1.807) is 19.1 Å². The van der Waals surface area contributed by atoms with Crippen LogP contribution in [0.4, 0.5) is 16.2 Å². The molecular formula is C11H13N3O4. The number of carboxylic acids is 1. The van der Waals surface area contributed by atoms with Crippen LogP contribution in [0.15, 0.2) is 24.3 Å². The van der Waals surface area contributed by atoms with Gasteiger partial charge in [-0.3, -0.25) is 4.79 Å². The monoisotopic (exact) mass is 251 g/mol. The molecule has 4 N–H and O–H groups in total. The number of nitrogens with one attached hydrogen (secondary N) is 3. The Balaban J connectivity index is 2.70. The molecule has 0 fully saturated rings. The van der Waals surface area contributed by atoms with Crippen LogP contribution in [0, 0.1) is 0 Å². The minimum atomic E-state index is -1.57. The Kier molecular flexibility index (Phi) is 4.67. The van der Waals surface area contributed by atoms with Gasteiger partial charge in [0.2, 0.25) is 0 Å². The van der Waals surface area contributed by atoms with Gasteiger partial charge >= 0.3 is 17.9 Å². The molecule has 0 heterocycles. The maximum absolute atomic E-state index is 11.3. The topological polar surface area (TPSA) is 108 Å². The van der Waals surface area contributed by atoms with Gasteiger partial charge in [0.05, 0.1) is 0 Å². The number of carbonyl (C=O) groups is 3. The first kappa shape index (κ1) is 13.5. The molecule has 1 aromatic carbocycles. The van der Waals surface area contributed by atoms with Crippen LogP contribution >= 0.6 is 0 Å². The number of carbonyl (C=O) groups excluding carboxylic acids is 2. The normalized spacial score (nSPS) is 9.39. The average molecular weight is 251 g/mol. The molecule has 96 valence electrons. The van der Waals surface area contributed by atoms with E-state index in [0.29, 0.717) is 12.2 Å². The van der Waals surface area contributed by atoms with Gasteiger partial charge in [0.25, 0.3) is 0 Å². The highest BCUT2D eigenvalue weighted by Gasteiger charge is 2.11. The van der Waals surface area contributed by atoms with Crippen LogP contribution in [0.5, 0.6) is 0 Å². The molecule has 0 aliphatic rings. The number of anilines is 2. The van der Waals surface area contributed by atoms with Crippen molar-refractivity contribution >= 4 is 29.3 Å². The number of amides is 3. The fraction of sp³-hybridized carbons (Fsp3) is 0.182. The molecule has 7 heteroatoms. The van der Waals surface area contributed by atoms with Gasteiger partial charge in [-0.1, -0.05) is 6.07 Å². The highest BCUT2D eigenvalue weighted by atomic mass is 16.4. The molecule has 7 nitrogen and oxygen atoms in total. The number of rotatable bonds is 3. The van der Waals surface area contributed by atoms with Gasteiger partial charge in [-0.15, -0.1) is 0 Å². The van der Waals surface area contributed by atoms with Crippen molar-refractivity contribution in [3.8, 4) is 0 Å². The average Bonchev–Trinajstić information content (AvgIpc) is 2.29. The minimum absolute atomic E-state index is 0.289. The predicted molar refractivity (Wildman–Crippen MR) is 65.4 cm³/mol. The van der Waals surface area contributed by atoms with Crippen molar-refractivity contribution in [1.82, 2.24) is 5.32 Å². The Morgan fingerprint density at radius 3 is 2.33 bits per heavy atom. The summed E-state index contributed by atoms with van der Waals surface area (Å²) in [6.45, 7) is 2.27. The highest BCUT2D eigenvalue weighted by Crippen LogP contribution is 2.14. The third-order valence-electron chi connectivity index (χ3n) is 1.91. The molecule has 18 heavy (non-hydrogen) atoms. The quantitative estimate of drug-likeness (QED) is 0.597. The lowest BCUT2D eigenvalue weighted by atomic mass is 10.2. The number of urea groups is 1. The zero-order valence-corrected chi connectivity index (χ0v) is 9.69. The number of carboxylic acid groups (broad SMARTS) is 1. The van der Waals surface area contributed by atoms with Crippen LogP contribution in [0.1, 0.15) is 6.92 Å². The van der Waals surface area contributed by atoms with Gasteiger partial charge in [0.15, 0.2) is 0 Å². The van der Waals surface area contributed by atoms with Crippen LogP contribution in [-0.4, -0.2) is 29.6 Å². The largest absolute Gasteiger partial charge is 0.474 e. The van der Waals surface area contributed by atoms with Crippen LogP contribution < -0.4 is 16.0 Å². The van der Waals surface area contributed by atoms with E-state index in [-0.39, 0.29) is 11.7 Å². The second-order valence-electron chi connectivity index (χ2n) is 3.32. The van der Waals surface area contributed by atoms with Gasteiger partial charge in [0, 0.05) is 17.9 Å². The van der Waals surface area contributed by atoms with E-state index >= 15 is 0 Å². The van der Waals surface area contributed by atoms with Crippen LogP contribution in [0.25, 0.3) is 0 Å². The number of benzene rings is 1. The summed E-state index contributed by atoms with van der Waals surface area (Å²) in [5, 5.41) is 15.7. The molecule has 3 amide bonds. The summed E-state index contributed by atoms with van der Waals surface area (Å²) in [5.41, 5.74) is 0.737. The first-order chi connectivity index (χ1) is 8.52. The summed E-state index contributed by atoms with van der Waals surface area (Å²) in [6, 6.07) is 5.80. The molecule has 1 aromatic rings. The second-order valence-corrected chi connectivity index (χ2v) is 3.32. The van der Waals surface area contributed by atoms with Crippen molar-refractivity contribution < 1.29 is 19.5 Å². The minimum Gasteiger partial charge on any atom is -0.474 e. The fourth-order valence-electron chi connectivity index (χ4n) is 1.20. The third kappa shape index (κ3) is 4.12. The van der Waals surface area contributed by atoms with Gasteiger partial charge in [0.1, 0.15) is 0 Å². The smallest absolute Gasteiger partial charge is 0.394 e. The molecule has 0 saturated heterocycles. The Labute approximate surface area is 103 Å². The first-order valence-electron chi connectivity index (χ1n) is 5.22. The Morgan fingerprint density at radius 2 is 1.78 bits per heavy atom. The molecule has 0 atom stereocenters. The van der Waals surface area contributed by atoms with Crippen molar-refractivity contribution in [2.24, 2.45) is 0 Å². The lowest BCUT2D eigenvalue weighted by molar-refractivity contribution is -0.147. The molecule has 0 spiro atoms. The van der Waals surface area contributed by atoms with E-state index in [0.717, 1.165) is 0 Å². The second kappa shape index (κ2) is 6.24. The summed E-state index contributed by atoms with van der Waals surface area (Å²) in [6.07, 6.45) is 0. The highest BCUT2D eigenvalue weighted by molar-refractivity contribution is 6.36. The number of aliphatic carboxylic acids is 1. The van der Waals surface area contributed by atoms with E-state index in [4.69, 9.17) is 5.11 Å². The van der Waals surface area contributed by atoms with Crippen LogP contribution in [0.2, 0.25) is 0 Å². The van der Waals surface area contributed by atoms with E-state index in [9.17, 15) is 14.4 Å². The van der Waals surface area contributed by atoms with E-state index in [1.807, 2.05) is 0 Å². The van der Waals surface area contributed by atoms with Crippen molar-refractivity contribution in [1.29, 1.82) is 0 Å². The van der Waals surface area contributed by atoms with Crippen molar-refractivity contribution in [2.75, 3.05) is 17.2 Å². The standard InChI is InChI=1S/C11H13N3O4/c1-2-12-11(18)14-8-5-3-4-7(6-8)13-9(15)10(16)17/h3-6H,2H2,1H3,(H,13,15)(H,16,17)(H2,12,14,18). The van der Waals surface area contributed by atoms with Gasteiger partial charge in [-0.05, 0) is 25.1 Å². The van der Waals surface area contributed by atoms with E-state index in [1.165, 1.54) is 12.1 Å². The maximum Gasteiger partial charge on any atom is 0.394 e. The van der Waals surface area contributed by atoms with Gasteiger partial charge < -0.3 is 21.1 Å². The fourth-order valence-corrected chi connectivity index (χ4v) is 1.20. The van der Waals surface area contributed by atoms with Gasteiger partial charge in [-0.2, -0.15) is 0 Å². The zero-order valence-electron chi connectivity index (χ0n) is 9.69. The number of hydrogen-bond donors (Lipinski definition) is 4. The molecule has 1 rings (SSSR count). The van der Waals surface area contributed by atoms with Crippen LogP contribution in [0.3, 0.4) is 0 Å². The van der Waals surface area contributed by atoms with Crippen molar-refractivity contribution in [3.63, 3.8) is 0 Å². The maximum atomic E-state index is 11.3. The Bertz CT molecular complexity index is 473. The molecule has 0 aliphatic carbocycles. The Hall–Kier alpha value is -2.57. The van der Waals surface area contributed by atoms with E-state index in [2.05, 4.69) is 16.0 Å². The van der Waals surface area contributed by atoms with Gasteiger partial charge in [-0.25, -0.2) is 9.59 Å². The Morgan fingerprint density at radius 1 is 1.17 bits per heavy atom. The van der Waals surface area contributed by atoms with E-state index < -0.39 is 11.9 Å². The summed E-state index contributed by atoms with van der Waals surface area (Å²) >= 11 is 0. The molecule has 0 radical (unpaired) electrons. The van der Waals surface area contributed by atoms with Crippen molar-refractivity contribution in [2.45, 2.75) is 6.92 Å². The van der Waals surface area contributed by atoms with Crippen molar-refractivity contribution in [3.05, 3.63) is 24.3 Å². The molecular weight excluding hydrogens is 238 g/mol. The molecule has 0 saturated carbocycles. The SMILES string of the molecule is CCNC(=O)Nc1cccc(NC(=O)C(=O)O)c1. The number of hydrogen-bond acceptors (Lipinski definition) is 3. The molecule has 0 unspecified atom stereocenters. The summed E-state index contributed by atoms with van der Waals surface area (Å²) in [4.78, 5) is 32.5.